The van der Waals surface area contributed by atoms with Crippen molar-refractivity contribution in [2.75, 3.05) is 0 Å². The van der Waals surface area contributed by atoms with E-state index in [2.05, 4.69) is 107 Å². The molecule has 0 amide bonds. The molecule has 82 heavy (non-hydrogen) atoms. The number of hydrogen-bond acceptors (Lipinski definition) is 4. The number of nitrogens with zero attached hydrogens (tertiary/aromatic N) is 2. The van der Waals surface area contributed by atoms with Gasteiger partial charge in [0.05, 0.1) is 22.8 Å². The van der Waals surface area contributed by atoms with Crippen LogP contribution < -0.4 is 10.2 Å². The van der Waals surface area contributed by atoms with Crippen LogP contribution in [0, 0.1) is 0 Å². The van der Waals surface area contributed by atoms with E-state index < -0.39 is 0 Å². The molecule has 466 valence electrons. The SMILES string of the molecule is CCCCCCCCCCCCCCCC=Cc1ccc(N=C(CCCCCCCC)C(CCCCCCCCCCC)=Nc2ccc(C=CCCCCCCCCCCCCCCC)cc2)cc1.CCCCc1cccc([O-])c1[O-].[Ni+2]. The van der Waals surface area contributed by atoms with Crippen molar-refractivity contribution in [3.8, 4) is 11.5 Å². The third-order valence-electron chi connectivity index (χ3n) is 16.4. The van der Waals surface area contributed by atoms with Gasteiger partial charge in [-0.1, -0.05) is 351 Å². The Morgan fingerprint density at radius 3 is 0.915 bits per heavy atom. The number of allylic oxidation sites excluding steroid dienone is 2. The van der Waals surface area contributed by atoms with Crippen molar-refractivity contribution in [3.63, 3.8) is 0 Å². The van der Waals surface area contributed by atoms with Crippen LogP contribution in [0.4, 0.5) is 11.4 Å². The Kier molecular flexibility index (Phi) is 54.2. The molecule has 3 aromatic carbocycles. The van der Waals surface area contributed by atoms with Gasteiger partial charge >= 0.3 is 16.5 Å². The monoisotopic (exact) mass is 1170 g/mol. The normalized spacial score (nSPS) is 11.9. The fraction of sp³-hybridized carbons (Fsp3) is 0.688. The fourth-order valence-corrected chi connectivity index (χ4v) is 11.0. The molecule has 0 atom stereocenters. The zero-order chi connectivity index (χ0) is 58.2. The van der Waals surface area contributed by atoms with Crippen molar-refractivity contribution < 1.29 is 26.7 Å². The minimum atomic E-state index is -0.386. The molecule has 0 N–H and O–H groups in total. The van der Waals surface area contributed by atoms with Gasteiger partial charge in [0.1, 0.15) is 0 Å². The maximum Gasteiger partial charge on any atom is 2.00 e. The van der Waals surface area contributed by atoms with Gasteiger partial charge in [-0.3, -0.25) is 9.98 Å². The first-order valence-electron chi connectivity index (χ1n) is 35.1. The smallest absolute Gasteiger partial charge is 0.873 e. The van der Waals surface area contributed by atoms with E-state index in [1.54, 1.807) is 12.1 Å². The van der Waals surface area contributed by atoms with Crippen LogP contribution in [0.2, 0.25) is 0 Å². The number of para-hydroxylation sites is 1. The molecule has 5 heteroatoms. The minimum absolute atomic E-state index is 0. The summed E-state index contributed by atoms with van der Waals surface area (Å²) in [5, 5.41) is 22.1. The molecule has 0 unspecified atom stereocenters. The molecule has 3 rings (SSSR count). The van der Waals surface area contributed by atoms with E-state index in [0.29, 0.717) is 5.56 Å². The van der Waals surface area contributed by atoms with Crippen LogP contribution in [0.15, 0.2) is 88.9 Å². The largest absolute Gasteiger partial charge is 2.00 e. The molecule has 0 saturated carbocycles. The molecule has 0 saturated heterocycles. The Morgan fingerprint density at radius 2 is 0.610 bits per heavy atom. The van der Waals surface area contributed by atoms with Crippen molar-refractivity contribution in [3.05, 3.63) is 95.6 Å². The van der Waals surface area contributed by atoms with Gasteiger partial charge in [-0.25, -0.2) is 0 Å². The predicted molar refractivity (Wildman–Crippen MR) is 360 cm³/mol. The van der Waals surface area contributed by atoms with Crippen LogP contribution in [0.25, 0.3) is 12.2 Å². The van der Waals surface area contributed by atoms with Gasteiger partial charge in [0.25, 0.3) is 0 Å². The fourth-order valence-electron chi connectivity index (χ4n) is 11.0. The van der Waals surface area contributed by atoms with Crippen molar-refractivity contribution in [2.24, 2.45) is 9.98 Å². The first kappa shape index (κ1) is 76.6. The molecular weight excluding hydrogens is 1040 g/mol. The Bertz CT molecular complexity index is 1960. The molecule has 3 aromatic rings. The van der Waals surface area contributed by atoms with E-state index in [0.717, 1.165) is 43.5 Å². The van der Waals surface area contributed by atoms with Gasteiger partial charge in [0.15, 0.2) is 0 Å². The summed E-state index contributed by atoms with van der Waals surface area (Å²) in [6.45, 7) is 11.3. The number of unbranched alkanes of at least 4 members (excludes halogenated alkanes) is 40. The molecule has 0 aromatic heterocycles. The Morgan fingerprint density at radius 1 is 0.329 bits per heavy atom. The Labute approximate surface area is 518 Å². The van der Waals surface area contributed by atoms with Crippen LogP contribution in [0.5, 0.6) is 11.5 Å². The molecule has 0 aliphatic carbocycles. The maximum absolute atomic E-state index is 11.2. The van der Waals surface area contributed by atoms with Crippen LogP contribution in [0.3, 0.4) is 0 Å². The van der Waals surface area contributed by atoms with Gasteiger partial charge < -0.3 is 10.2 Å². The first-order chi connectivity index (χ1) is 39.9. The summed E-state index contributed by atoms with van der Waals surface area (Å²) in [6.07, 6.45) is 73.0. The molecule has 0 fully saturated rings. The van der Waals surface area contributed by atoms with Crippen molar-refractivity contribution in [2.45, 2.75) is 343 Å². The number of hydrogen-bond donors (Lipinski definition) is 0. The van der Waals surface area contributed by atoms with E-state index in [4.69, 9.17) is 9.98 Å². The second-order valence-electron chi connectivity index (χ2n) is 24.1. The van der Waals surface area contributed by atoms with E-state index in [1.807, 2.05) is 0 Å². The predicted octanol–water partition coefficient (Wildman–Crippen LogP) is 25.4. The van der Waals surface area contributed by atoms with Gasteiger partial charge in [-0.05, 0) is 99.6 Å². The quantitative estimate of drug-likeness (QED) is 0.0321. The van der Waals surface area contributed by atoms with E-state index in [-0.39, 0.29) is 28.0 Å². The van der Waals surface area contributed by atoms with E-state index >= 15 is 0 Å². The molecule has 4 nitrogen and oxygen atoms in total. The van der Waals surface area contributed by atoms with Crippen LogP contribution >= 0.6 is 0 Å². The zero-order valence-corrected chi connectivity index (χ0v) is 55.1. The first-order valence-corrected chi connectivity index (χ1v) is 35.1. The Hall–Kier alpha value is -3.43. The molecular formula is C77H126N2NiO2. The number of rotatable bonds is 53. The Balaban J connectivity index is 0.00000228. The summed E-state index contributed by atoms with van der Waals surface area (Å²) >= 11 is 0. The average Bonchev–Trinajstić information content (AvgIpc) is 3.64. The summed E-state index contributed by atoms with van der Waals surface area (Å²) < 4.78 is 0. The summed E-state index contributed by atoms with van der Waals surface area (Å²) in [6, 6.07) is 22.7. The molecule has 0 heterocycles. The third-order valence-corrected chi connectivity index (χ3v) is 16.4. The summed E-state index contributed by atoms with van der Waals surface area (Å²) in [4.78, 5) is 10.9. The van der Waals surface area contributed by atoms with E-state index in [9.17, 15) is 10.2 Å². The van der Waals surface area contributed by atoms with Crippen LogP contribution in [0.1, 0.15) is 353 Å². The number of aryl methyl sites for hydroxylation is 1. The second-order valence-corrected chi connectivity index (χ2v) is 24.1. The standard InChI is InChI=1S/C67H114N2.C10H14O2.Ni/c1-5-9-13-17-21-24-26-28-30-32-34-37-39-42-46-50-62-54-58-64(59-55-62)68-66(52-48-44-20-16-12-8-4)67(53-49-45-41-36-23-19-15-11-7-3)69-65-60-56-63(57-61-65)51-47-43-40-38-35-33-31-29-27-25-22-18-14-10-6-2;1-2-3-5-8-6-4-7-9(11)10(8)12;/h46-47,50-51,54-61H,5-45,48-49,52-53H2,1-4H3;4,6-7,11-12H,2-3,5H2,1H3;/q;;+2/p-2. The topological polar surface area (TPSA) is 70.8 Å². The summed E-state index contributed by atoms with van der Waals surface area (Å²) in [5.41, 5.74) is 7.76. The molecule has 0 bridgehead atoms. The number of aliphatic imine (C=N–C) groups is 2. The zero-order valence-electron chi connectivity index (χ0n) is 54.1. The van der Waals surface area contributed by atoms with Crippen molar-refractivity contribution in [1.82, 2.24) is 0 Å². The summed E-state index contributed by atoms with van der Waals surface area (Å²) in [5.74, 6) is -0.713. The minimum Gasteiger partial charge on any atom is -0.873 e. The molecule has 0 aliphatic rings. The van der Waals surface area contributed by atoms with Crippen molar-refractivity contribution >= 4 is 35.0 Å². The van der Waals surface area contributed by atoms with Gasteiger partial charge in [0, 0.05) is 0 Å². The van der Waals surface area contributed by atoms with Crippen LogP contribution in [-0.4, -0.2) is 11.4 Å². The molecule has 0 aliphatic heterocycles. The van der Waals surface area contributed by atoms with E-state index in [1.165, 1.54) is 305 Å². The third kappa shape index (κ3) is 44.1. The molecule has 0 radical (unpaired) electrons. The van der Waals surface area contributed by atoms with Gasteiger partial charge in [-0.15, -0.1) is 11.5 Å². The van der Waals surface area contributed by atoms with Crippen LogP contribution in [-0.2, 0) is 22.9 Å². The molecule has 0 spiro atoms. The average molecular weight is 1170 g/mol. The van der Waals surface area contributed by atoms with Gasteiger partial charge in [0.2, 0.25) is 0 Å². The van der Waals surface area contributed by atoms with Crippen molar-refractivity contribution in [1.29, 1.82) is 0 Å². The second kappa shape index (κ2) is 58.0. The number of benzene rings is 3. The maximum atomic E-state index is 11.2. The summed E-state index contributed by atoms with van der Waals surface area (Å²) in [7, 11) is 0. The van der Waals surface area contributed by atoms with Gasteiger partial charge in [-0.2, -0.15) is 0 Å².